The minimum Gasteiger partial charge on any atom is -0.494 e. The second-order valence-corrected chi connectivity index (χ2v) is 7.06. The van der Waals surface area contributed by atoms with Gasteiger partial charge in [0.2, 0.25) is 0 Å². The van der Waals surface area contributed by atoms with Crippen molar-refractivity contribution in [2.75, 3.05) is 31.2 Å². The van der Waals surface area contributed by atoms with E-state index >= 15 is 0 Å². The molecule has 1 fully saturated rings. The van der Waals surface area contributed by atoms with Crippen molar-refractivity contribution in [2.24, 2.45) is 11.1 Å². The number of hydrogen-bond donors (Lipinski definition) is 0. The zero-order chi connectivity index (χ0) is 19.6. The molecule has 0 unspecified atom stereocenters. The van der Waals surface area contributed by atoms with Gasteiger partial charge in [-0.1, -0.05) is 29.4 Å². The van der Waals surface area contributed by atoms with Gasteiger partial charge in [0.05, 0.1) is 12.8 Å². The van der Waals surface area contributed by atoms with Crippen molar-refractivity contribution in [1.29, 1.82) is 0 Å². The Labute approximate surface area is 170 Å². The molecule has 1 aliphatic rings. The van der Waals surface area contributed by atoms with Crippen LogP contribution in [-0.4, -0.2) is 42.7 Å². The summed E-state index contributed by atoms with van der Waals surface area (Å²) < 4.78 is 5.89. The first-order valence-corrected chi connectivity index (χ1v) is 9.85. The number of oxime groups is 1. The summed E-state index contributed by atoms with van der Waals surface area (Å²) in [7, 11) is 0. The molecule has 1 aromatic heterocycles. The standard InChI is InChI=1S/C21H25ClN4O2/c1-2-14-28-23-16-18-3-5-19(6-4-18)27-15-11-17-9-12-26(13-10-17)21-8-7-20(22)24-25-21/h2-8,16-17H,1,9-15H2. The van der Waals surface area contributed by atoms with Crippen LogP contribution in [0.3, 0.4) is 0 Å². The van der Waals surface area contributed by atoms with E-state index in [2.05, 4.69) is 26.8 Å². The fourth-order valence-corrected chi connectivity index (χ4v) is 3.22. The van der Waals surface area contributed by atoms with Crippen LogP contribution in [0.1, 0.15) is 24.8 Å². The van der Waals surface area contributed by atoms with Crippen molar-refractivity contribution >= 4 is 23.6 Å². The second-order valence-electron chi connectivity index (χ2n) is 6.67. The van der Waals surface area contributed by atoms with Gasteiger partial charge in [-0.3, -0.25) is 0 Å². The van der Waals surface area contributed by atoms with E-state index in [4.69, 9.17) is 21.2 Å². The first-order chi connectivity index (χ1) is 13.7. The Hall–Kier alpha value is -2.60. The Bertz CT molecular complexity index is 757. The van der Waals surface area contributed by atoms with E-state index in [0.29, 0.717) is 17.7 Å². The molecule has 2 heterocycles. The molecule has 0 atom stereocenters. The SMILES string of the molecule is C=CCON=Cc1ccc(OCCC2CCN(c3ccc(Cl)nn3)CC2)cc1. The van der Waals surface area contributed by atoms with Gasteiger partial charge in [0.1, 0.15) is 12.4 Å². The van der Waals surface area contributed by atoms with E-state index < -0.39 is 0 Å². The van der Waals surface area contributed by atoms with Crippen LogP contribution in [0.4, 0.5) is 5.82 Å². The van der Waals surface area contributed by atoms with Crippen molar-refractivity contribution in [1.82, 2.24) is 10.2 Å². The molecule has 28 heavy (non-hydrogen) atoms. The van der Waals surface area contributed by atoms with Gasteiger partial charge in [-0.15, -0.1) is 10.2 Å². The summed E-state index contributed by atoms with van der Waals surface area (Å²) in [5.41, 5.74) is 0.967. The maximum absolute atomic E-state index is 5.89. The van der Waals surface area contributed by atoms with Crippen LogP contribution in [0.2, 0.25) is 5.15 Å². The molecule has 6 nitrogen and oxygen atoms in total. The summed E-state index contributed by atoms with van der Waals surface area (Å²) >= 11 is 5.80. The van der Waals surface area contributed by atoms with Crippen molar-refractivity contribution in [3.63, 3.8) is 0 Å². The number of hydrogen-bond acceptors (Lipinski definition) is 6. The van der Waals surface area contributed by atoms with Crippen molar-refractivity contribution < 1.29 is 9.57 Å². The molecular weight excluding hydrogens is 376 g/mol. The molecule has 3 rings (SSSR count). The lowest BCUT2D eigenvalue weighted by Crippen LogP contribution is -2.34. The first-order valence-electron chi connectivity index (χ1n) is 9.48. The van der Waals surface area contributed by atoms with Gasteiger partial charge in [-0.2, -0.15) is 0 Å². The number of ether oxygens (including phenoxy) is 1. The minimum absolute atomic E-state index is 0.406. The van der Waals surface area contributed by atoms with E-state index in [0.717, 1.165) is 56.1 Å². The summed E-state index contributed by atoms with van der Waals surface area (Å²) in [6, 6.07) is 11.5. The Balaban J connectivity index is 1.36. The highest BCUT2D eigenvalue weighted by atomic mass is 35.5. The lowest BCUT2D eigenvalue weighted by atomic mass is 9.94. The van der Waals surface area contributed by atoms with Crippen LogP contribution in [0.25, 0.3) is 0 Å². The van der Waals surface area contributed by atoms with Gasteiger partial charge in [0.25, 0.3) is 0 Å². The van der Waals surface area contributed by atoms with Crippen LogP contribution >= 0.6 is 11.6 Å². The fraction of sp³-hybridized carbons (Fsp3) is 0.381. The molecule has 2 aromatic rings. The van der Waals surface area contributed by atoms with Crippen LogP contribution in [-0.2, 0) is 4.84 Å². The molecule has 1 aliphatic heterocycles. The molecule has 0 aliphatic carbocycles. The average molecular weight is 401 g/mol. The Morgan fingerprint density at radius 1 is 1.14 bits per heavy atom. The average Bonchev–Trinajstić information content (AvgIpc) is 2.73. The third-order valence-electron chi connectivity index (χ3n) is 4.70. The van der Waals surface area contributed by atoms with E-state index in [-0.39, 0.29) is 0 Å². The topological polar surface area (TPSA) is 59.8 Å². The zero-order valence-corrected chi connectivity index (χ0v) is 16.6. The van der Waals surface area contributed by atoms with E-state index in [1.165, 1.54) is 0 Å². The first kappa shape index (κ1) is 20.1. The van der Waals surface area contributed by atoms with E-state index in [9.17, 15) is 0 Å². The second kappa shape index (κ2) is 10.7. The molecule has 0 bridgehead atoms. The molecule has 0 spiro atoms. The third kappa shape index (κ3) is 6.23. The predicted octanol–water partition coefficient (Wildman–Crippen LogP) is 4.35. The molecule has 7 heteroatoms. The molecule has 0 N–H and O–H groups in total. The van der Waals surface area contributed by atoms with Crippen molar-refractivity contribution in [3.8, 4) is 5.75 Å². The lowest BCUT2D eigenvalue weighted by Gasteiger charge is -2.32. The summed E-state index contributed by atoms with van der Waals surface area (Å²) in [4.78, 5) is 7.26. The molecule has 0 radical (unpaired) electrons. The minimum atomic E-state index is 0.406. The van der Waals surface area contributed by atoms with E-state index in [1.807, 2.05) is 30.3 Å². The summed E-state index contributed by atoms with van der Waals surface area (Å²) in [6.07, 6.45) is 6.65. The number of nitrogens with zero attached hydrogens (tertiary/aromatic N) is 4. The third-order valence-corrected chi connectivity index (χ3v) is 4.90. The van der Waals surface area contributed by atoms with Gasteiger partial charge in [0.15, 0.2) is 11.0 Å². The molecular formula is C21H25ClN4O2. The molecule has 148 valence electrons. The fourth-order valence-electron chi connectivity index (χ4n) is 3.12. The molecule has 0 saturated carbocycles. The quantitative estimate of drug-likeness (QED) is 0.271. The summed E-state index contributed by atoms with van der Waals surface area (Å²) in [6.45, 7) is 6.68. The number of halogens is 1. The summed E-state index contributed by atoms with van der Waals surface area (Å²) in [5, 5.41) is 12.4. The van der Waals surface area contributed by atoms with Crippen molar-refractivity contribution in [2.45, 2.75) is 19.3 Å². The number of anilines is 1. The van der Waals surface area contributed by atoms with Gasteiger partial charge in [0, 0.05) is 13.1 Å². The lowest BCUT2D eigenvalue weighted by molar-refractivity contribution is 0.176. The highest BCUT2D eigenvalue weighted by Gasteiger charge is 2.20. The molecule has 1 saturated heterocycles. The Morgan fingerprint density at radius 3 is 2.61 bits per heavy atom. The Morgan fingerprint density at radius 2 is 1.93 bits per heavy atom. The smallest absolute Gasteiger partial charge is 0.151 e. The normalized spacial score (nSPS) is 15.0. The van der Waals surface area contributed by atoms with Gasteiger partial charge in [-0.05, 0) is 67.1 Å². The molecule has 0 amide bonds. The Kier molecular flexibility index (Phi) is 7.67. The van der Waals surface area contributed by atoms with Crippen LogP contribution in [0.5, 0.6) is 5.75 Å². The van der Waals surface area contributed by atoms with Gasteiger partial charge >= 0.3 is 0 Å². The van der Waals surface area contributed by atoms with E-state index in [1.54, 1.807) is 18.4 Å². The van der Waals surface area contributed by atoms with Crippen LogP contribution in [0, 0.1) is 5.92 Å². The predicted molar refractivity (Wildman–Crippen MR) is 112 cm³/mol. The monoisotopic (exact) mass is 400 g/mol. The number of rotatable bonds is 9. The van der Waals surface area contributed by atoms with Crippen LogP contribution in [0.15, 0.2) is 54.2 Å². The highest BCUT2D eigenvalue weighted by Crippen LogP contribution is 2.24. The zero-order valence-electron chi connectivity index (χ0n) is 15.8. The summed E-state index contributed by atoms with van der Waals surface area (Å²) in [5.74, 6) is 2.44. The number of aromatic nitrogens is 2. The molecule has 1 aromatic carbocycles. The van der Waals surface area contributed by atoms with Gasteiger partial charge in [-0.25, -0.2) is 0 Å². The largest absolute Gasteiger partial charge is 0.494 e. The maximum atomic E-state index is 5.89. The number of piperidine rings is 1. The highest BCUT2D eigenvalue weighted by molar-refractivity contribution is 6.29. The van der Waals surface area contributed by atoms with Gasteiger partial charge < -0.3 is 14.5 Å². The van der Waals surface area contributed by atoms with Crippen molar-refractivity contribution in [3.05, 3.63) is 59.8 Å². The van der Waals surface area contributed by atoms with Crippen LogP contribution < -0.4 is 9.64 Å². The number of benzene rings is 1. The maximum Gasteiger partial charge on any atom is 0.151 e.